The van der Waals surface area contributed by atoms with Crippen molar-refractivity contribution in [2.75, 3.05) is 10.6 Å². The molecule has 0 unspecified atom stereocenters. The Labute approximate surface area is 138 Å². The van der Waals surface area contributed by atoms with E-state index in [1.54, 1.807) is 24.3 Å². The minimum Gasteiger partial charge on any atom is -0.326 e. The maximum atomic E-state index is 13.6. The van der Waals surface area contributed by atoms with Gasteiger partial charge in [-0.3, -0.25) is 9.59 Å². The minimum atomic E-state index is -0.926. The van der Waals surface area contributed by atoms with Gasteiger partial charge in [0.2, 0.25) is 5.91 Å². The topological polar surface area (TPSA) is 58.2 Å². The van der Waals surface area contributed by atoms with E-state index in [0.29, 0.717) is 17.8 Å². The second kappa shape index (κ2) is 7.68. The molecule has 0 aliphatic carbocycles. The lowest BCUT2D eigenvalue weighted by Gasteiger charge is -2.09. The average molecular weight is 332 g/mol. The fourth-order valence-electron chi connectivity index (χ4n) is 2.13. The molecule has 2 aromatic carbocycles. The summed E-state index contributed by atoms with van der Waals surface area (Å²) in [5.41, 5.74) is 0.312. The maximum Gasteiger partial charge on any atom is 0.261 e. The van der Waals surface area contributed by atoms with Crippen LogP contribution in [0.3, 0.4) is 0 Å². The lowest BCUT2D eigenvalue weighted by atomic mass is 10.1. The molecule has 4 nitrogen and oxygen atoms in total. The van der Waals surface area contributed by atoms with Gasteiger partial charge in [-0.2, -0.15) is 0 Å². The number of hydrogen-bond donors (Lipinski definition) is 2. The van der Waals surface area contributed by atoms with Crippen LogP contribution < -0.4 is 10.6 Å². The normalized spacial score (nSPS) is 10.5. The highest BCUT2D eigenvalue weighted by molar-refractivity contribution is 6.04. The first-order valence-corrected chi connectivity index (χ1v) is 7.52. The molecular formula is C18H18F2N2O2. The van der Waals surface area contributed by atoms with Crippen LogP contribution in [-0.2, 0) is 4.79 Å². The van der Waals surface area contributed by atoms with Gasteiger partial charge in [-0.25, -0.2) is 8.78 Å². The molecule has 2 aromatic rings. The molecule has 0 heterocycles. The quantitative estimate of drug-likeness (QED) is 0.862. The molecule has 0 saturated carbocycles. The van der Waals surface area contributed by atoms with E-state index in [1.165, 1.54) is 6.07 Å². The van der Waals surface area contributed by atoms with E-state index in [2.05, 4.69) is 10.6 Å². The van der Waals surface area contributed by atoms with Crippen molar-refractivity contribution < 1.29 is 18.4 Å². The Kier molecular flexibility index (Phi) is 5.63. The highest BCUT2D eigenvalue weighted by atomic mass is 19.1. The monoisotopic (exact) mass is 332 g/mol. The van der Waals surface area contributed by atoms with Crippen molar-refractivity contribution >= 4 is 23.2 Å². The summed E-state index contributed by atoms with van der Waals surface area (Å²) in [6, 6.07) is 9.52. The van der Waals surface area contributed by atoms with E-state index in [4.69, 9.17) is 0 Å². The zero-order chi connectivity index (χ0) is 17.7. The molecule has 0 bridgehead atoms. The smallest absolute Gasteiger partial charge is 0.261 e. The predicted molar refractivity (Wildman–Crippen MR) is 88.8 cm³/mol. The summed E-state index contributed by atoms with van der Waals surface area (Å²) in [5.74, 6) is -2.58. The van der Waals surface area contributed by atoms with Crippen LogP contribution in [0.25, 0.3) is 0 Å². The van der Waals surface area contributed by atoms with Crippen molar-refractivity contribution in [1.82, 2.24) is 0 Å². The van der Waals surface area contributed by atoms with Gasteiger partial charge in [0.05, 0.1) is 0 Å². The van der Waals surface area contributed by atoms with E-state index in [9.17, 15) is 18.4 Å². The molecule has 0 spiro atoms. The van der Waals surface area contributed by atoms with Gasteiger partial charge in [0.25, 0.3) is 5.91 Å². The molecule has 0 aliphatic rings. The molecule has 0 saturated heterocycles. The fourth-order valence-corrected chi connectivity index (χ4v) is 2.13. The second-order valence-corrected chi connectivity index (χ2v) is 5.77. The summed E-state index contributed by atoms with van der Waals surface area (Å²) < 4.78 is 27.1. The van der Waals surface area contributed by atoms with Crippen molar-refractivity contribution in [2.24, 2.45) is 5.92 Å². The van der Waals surface area contributed by atoms with Crippen molar-refractivity contribution in [3.8, 4) is 0 Å². The van der Waals surface area contributed by atoms with E-state index in [1.807, 2.05) is 13.8 Å². The number of halogens is 2. The Bertz CT molecular complexity index is 723. The first-order valence-electron chi connectivity index (χ1n) is 7.52. The molecule has 0 fully saturated rings. The van der Waals surface area contributed by atoms with Crippen LogP contribution in [0.4, 0.5) is 20.2 Å². The summed E-state index contributed by atoms with van der Waals surface area (Å²) >= 11 is 0. The third kappa shape index (κ3) is 4.62. The van der Waals surface area contributed by atoms with Gasteiger partial charge in [0, 0.05) is 17.8 Å². The highest BCUT2D eigenvalue weighted by Gasteiger charge is 2.17. The summed E-state index contributed by atoms with van der Waals surface area (Å²) in [4.78, 5) is 23.7. The van der Waals surface area contributed by atoms with Crippen LogP contribution in [0.5, 0.6) is 0 Å². The van der Waals surface area contributed by atoms with Crippen LogP contribution in [0.1, 0.15) is 30.6 Å². The molecule has 0 aliphatic heterocycles. The largest absolute Gasteiger partial charge is 0.326 e. The molecule has 126 valence electrons. The van der Waals surface area contributed by atoms with E-state index < -0.39 is 23.1 Å². The highest BCUT2D eigenvalue weighted by Crippen LogP contribution is 2.18. The van der Waals surface area contributed by atoms with Crippen molar-refractivity contribution in [3.63, 3.8) is 0 Å². The van der Waals surface area contributed by atoms with Crippen molar-refractivity contribution in [3.05, 3.63) is 59.7 Å². The molecule has 2 amide bonds. The van der Waals surface area contributed by atoms with Gasteiger partial charge in [-0.1, -0.05) is 19.9 Å². The summed E-state index contributed by atoms with van der Waals surface area (Å²) in [7, 11) is 0. The van der Waals surface area contributed by atoms with Crippen molar-refractivity contribution in [1.29, 1.82) is 0 Å². The fraction of sp³-hybridized carbons (Fsp3) is 0.222. The Morgan fingerprint density at radius 2 is 1.42 bits per heavy atom. The number of amides is 2. The third-order valence-electron chi connectivity index (χ3n) is 3.21. The van der Waals surface area contributed by atoms with Gasteiger partial charge in [-0.05, 0) is 42.3 Å². The SMILES string of the molecule is CC(C)CC(=O)Nc1ccc(NC(=O)c2c(F)cccc2F)cc1. The zero-order valence-corrected chi connectivity index (χ0v) is 13.4. The predicted octanol–water partition coefficient (Wildman–Crippen LogP) is 4.20. The summed E-state index contributed by atoms with van der Waals surface area (Å²) in [6.45, 7) is 3.89. The Balaban J connectivity index is 2.04. The molecule has 24 heavy (non-hydrogen) atoms. The summed E-state index contributed by atoms with van der Waals surface area (Å²) in [6.07, 6.45) is 0.408. The standard InChI is InChI=1S/C18H18F2N2O2/c1-11(2)10-16(23)21-12-6-8-13(9-7-12)22-18(24)17-14(19)4-3-5-15(17)20/h3-9,11H,10H2,1-2H3,(H,21,23)(H,22,24). The molecular weight excluding hydrogens is 314 g/mol. The second-order valence-electron chi connectivity index (χ2n) is 5.77. The number of benzene rings is 2. The molecule has 0 aromatic heterocycles. The number of carbonyl (C=O) groups excluding carboxylic acids is 2. The zero-order valence-electron chi connectivity index (χ0n) is 13.4. The summed E-state index contributed by atoms with van der Waals surface area (Å²) in [5, 5.41) is 5.15. The third-order valence-corrected chi connectivity index (χ3v) is 3.21. The number of carbonyl (C=O) groups is 2. The maximum absolute atomic E-state index is 13.6. The Morgan fingerprint density at radius 1 is 0.917 bits per heavy atom. The average Bonchev–Trinajstić information content (AvgIpc) is 2.48. The molecule has 0 radical (unpaired) electrons. The van der Waals surface area contributed by atoms with Crippen LogP contribution in [-0.4, -0.2) is 11.8 Å². The van der Waals surface area contributed by atoms with E-state index in [0.717, 1.165) is 12.1 Å². The number of hydrogen-bond acceptors (Lipinski definition) is 2. The minimum absolute atomic E-state index is 0.102. The molecule has 2 rings (SSSR count). The van der Waals surface area contributed by atoms with Crippen LogP contribution in [0.15, 0.2) is 42.5 Å². The van der Waals surface area contributed by atoms with Gasteiger partial charge in [-0.15, -0.1) is 0 Å². The number of anilines is 2. The first-order chi connectivity index (χ1) is 11.4. The number of nitrogens with one attached hydrogen (secondary N) is 2. The molecule has 0 atom stereocenters. The Morgan fingerprint density at radius 3 is 1.92 bits per heavy atom. The number of rotatable bonds is 5. The van der Waals surface area contributed by atoms with Gasteiger partial charge in [0.1, 0.15) is 17.2 Å². The Hall–Kier alpha value is -2.76. The molecule has 2 N–H and O–H groups in total. The van der Waals surface area contributed by atoms with Crippen LogP contribution in [0, 0.1) is 17.6 Å². The van der Waals surface area contributed by atoms with Gasteiger partial charge in [0.15, 0.2) is 0 Å². The first kappa shape index (κ1) is 17.6. The van der Waals surface area contributed by atoms with Gasteiger partial charge >= 0.3 is 0 Å². The van der Waals surface area contributed by atoms with Crippen LogP contribution >= 0.6 is 0 Å². The lowest BCUT2D eigenvalue weighted by Crippen LogP contribution is -2.16. The van der Waals surface area contributed by atoms with Gasteiger partial charge < -0.3 is 10.6 Å². The molecule has 6 heteroatoms. The van der Waals surface area contributed by atoms with E-state index >= 15 is 0 Å². The van der Waals surface area contributed by atoms with Crippen molar-refractivity contribution in [2.45, 2.75) is 20.3 Å². The van der Waals surface area contributed by atoms with E-state index in [-0.39, 0.29) is 11.8 Å². The van der Waals surface area contributed by atoms with Crippen LogP contribution in [0.2, 0.25) is 0 Å². The lowest BCUT2D eigenvalue weighted by molar-refractivity contribution is -0.116.